The Bertz CT molecular complexity index is 1450. The molecule has 200 valence electrons. The van der Waals surface area contributed by atoms with Crippen molar-refractivity contribution in [2.45, 2.75) is 19.8 Å². The molecule has 0 spiro atoms. The van der Waals surface area contributed by atoms with Crippen LogP contribution in [0, 0.1) is 6.92 Å². The minimum Gasteiger partial charge on any atom is -0.322 e. The van der Waals surface area contributed by atoms with E-state index in [0.717, 1.165) is 69.2 Å². The molecule has 2 aliphatic heterocycles. The average molecular weight is 540 g/mol. The highest BCUT2D eigenvalue weighted by Crippen LogP contribution is 2.30. The van der Waals surface area contributed by atoms with E-state index in [2.05, 4.69) is 87.9 Å². The summed E-state index contributed by atoms with van der Waals surface area (Å²) >= 11 is 6.13. The fourth-order valence-corrected chi connectivity index (χ4v) is 5.64. The fourth-order valence-electron chi connectivity index (χ4n) is 5.43. The summed E-state index contributed by atoms with van der Waals surface area (Å²) < 4.78 is 5.67. The molecule has 0 atom stereocenters. The molecular formula is C32H34ClN5O. The van der Waals surface area contributed by atoms with Gasteiger partial charge in [0.15, 0.2) is 0 Å². The van der Waals surface area contributed by atoms with Gasteiger partial charge in [0.1, 0.15) is 0 Å². The maximum absolute atomic E-state index is 6.13. The molecule has 2 aliphatic rings. The zero-order chi connectivity index (χ0) is 26.6. The lowest BCUT2D eigenvalue weighted by molar-refractivity contribution is 0.253. The van der Waals surface area contributed by atoms with Crippen LogP contribution in [0.5, 0.6) is 0 Å². The number of halogens is 1. The van der Waals surface area contributed by atoms with Crippen molar-refractivity contribution in [2.75, 3.05) is 50.7 Å². The van der Waals surface area contributed by atoms with Gasteiger partial charge in [0.25, 0.3) is 0 Å². The van der Waals surface area contributed by atoms with Crippen LogP contribution in [0.15, 0.2) is 77.3 Å². The Balaban J connectivity index is 1.07. The van der Waals surface area contributed by atoms with Gasteiger partial charge in [0.05, 0.1) is 0 Å². The van der Waals surface area contributed by atoms with Gasteiger partial charge in [-0.05, 0) is 77.9 Å². The van der Waals surface area contributed by atoms with Crippen LogP contribution in [0.1, 0.15) is 23.1 Å². The first kappa shape index (κ1) is 25.8. The minimum atomic E-state index is 0.599. The number of nitrogens with one attached hydrogen (secondary N) is 1. The van der Waals surface area contributed by atoms with Crippen LogP contribution >= 0.6 is 11.6 Å². The highest BCUT2D eigenvalue weighted by atomic mass is 35.5. The van der Waals surface area contributed by atoms with Gasteiger partial charge in [0.2, 0.25) is 5.82 Å². The minimum absolute atomic E-state index is 0.599. The Hall–Kier alpha value is -3.45. The van der Waals surface area contributed by atoms with Gasteiger partial charge in [-0.2, -0.15) is 4.98 Å². The zero-order valence-electron chi connectivity index (χ0n) is 22.4. The van der Waals surface area contributed by atoms with Crippen LogP contribution in [0.2, 0.25) is 5.02 Å². The third-order valence-electron chi connectivity index (χ3n) is 7.79. The van der Waals surface area contributed by atoms with Crippen LogP contribution < -0.4 is 10.2 Å². The number of aryl methyl sites for hydroxylation is 1. The molecule has 0 bridgehead atoms. The molecule has 0 unspecified atom stereocenters. The smallest absolute Gasteiger partial charge is 0.322 e. The van der Waals surface area contributed by atoms with Crippen molar-refractivity contribution in [3.05, 3.63) is 94.5 Å². The van der Waals surface area contributed by atoms with Crippen LogP contribution in [0.3, 0.4) is 0 Å². The number of nitrogens with zero attached hydrogens (tertiary/aromatic N) is 4. The van der Waals surface area contributed by atoms with Crippen molar-refractivity contribution >= 4 is 23.2 Å². The van der Waals surface area contributed by atoms with E-state index in [-0.39, 0.29) is 0 Å². The Morgan fingerprint density at radius 2 is 1.72 bits per heavy atom. The van der Waals surface area contributed by atoms with E-state index in [4.69, 9.17) is 21.1 Å². The molecule has 1 saturated heterocycles. The molecule has 1 N–H and O–H groups in total. The van der Waals surface area contributed by atoms with Gasteiger partial charge in [-0.15, -0.1) is 0 Å². The molecule has 0 amide bonds. The number of hydrogen-bond acceptors (Lipinski definition) is 6. The Kier molecular flexibility index (Phi) is 7.77. The van der Waals surface area contributed by atoms with Gasteiger partial charge in [-0.1, -0.05) is 71.4 Å². The molecule has 3 aromatic carbocycles. The summed E-state index contributed by atoms with van der Waals surface area (Å²) in [4.78, 5) is 9.39. The quantitative estimate of drug-likeness (QED) is 0.306. The van der Waals surface area contributed by atoms with Crippen molar-refractivity contribution in [2.24, 2.45) is 0 Å². The molecular weight excluding hydrogens is 506 g/mol. The van der Waals surface area contributed by atoms with E-state index in [0.29, 0.717) is 11.8 Å². The molecule has 6 nitrogen and oxygen atoms in total. The maximum atomic E-state index is 6.13. The predicted molar refractivity (Wildman–Crippen MR) is 159 cm³/mol. The molecule has 1 fully saturated rings. The van der Waals surface area contributed by atoms with E-state index in [1.54, 1.807) is 0 Å². The summed E-state index contributed by atoms with van der Waals surface area (Å²) in [7, 11) is 0. The SMILES string of the molecule is Cc1ccc(-c2ccc(-c3noc(N4CCN(CCc5cccc(Cl)c5)CC4)n3)cc2)cc1C1=CCNCC1. The number of piperazine rings is 1. The van der Waals surface area contributed by atoms with Crippen molar-refractivity contribution in [1.82, 2.24) is 20.4 Å². The summed E-state index contributed by atoms with van der Waals surface area (Å²) in [6.45, 7) is 8.89. The maximum Gasteiger partial charge on any atom is 0.324 e. The second-order valence-corrected chi connectivity index (χ2v) is 10.8. The fraction of sp³-hybridized carbons (Fsp3) is 0.312. The highest BCUT2D eigenvalue weighted by molar-refractivity contribution is 6.30. The third-order valence-corrected chi connectivity index (χ3v) is 8.02. The molecule has 4 aromatic rings. The standard InChI is InChI=1S/C32H34ClN5O/c1-23-5-6-28(22-30(23)26-11-14-34-15-12-26)25-7-9-27(10-8-25)31-35-32(39-36-31)38-19-17-37(18-20-38)16-13-24-3-2-4-29(33)21-24/h2-11,21-22,34H,12-20H2,1H3. The molecule has 7 heteroatoms. The first-order chi connectivity index (χ1) is 19.1. The Morgan fingerprint density at radius 3 is 2.49 bits per heavy atom. The van der Waals surface area contributed by atoms with Crippen molar-refractivity contribution < 1.29 is 4.52 Å². The highest BCUT2D eigenvalue weighted by Gasteiger charge is 2.22. The number of benzene rings is 3. The van der Waals surface area contributed by atoms with Crippen LogP contribution in [0.4, 0.5) is 6.01 Å². The number of aromatic nitrogens is 2. The summed E-state index contributed by atoms with van der Waals surface area (Å²) in [5.41, 5.74) is 8.76. The zero-order valence-corrected chi connectivity index (χ0v) is 23.1. The summed E-state index contributed by atoms with van der Waals surface area (Å²) in [5, 5.41) is 8.49. The molecule has 0 radical (unpaired) electrons. The topological polar surface area (TPSA) is 57.4 Å². The van der Waals surface area contributed by atoms with Gasteiger partial charge in [-0.25, -0.2) is 0 Å². The van der Waals surface area contributed by atoms with Crippen molar-refractivity contribution in [3.63, 3.8) is 0 Å². The molecule has 0 aliphatic carbocycles. The van der Waals surface area contributed by atoms with Gasteiger partial charge in [-0.3, -0.25) is 4.90 Å². The number of rotatable bonds is 7. The Morgan fingerprint density at radius 1 is 0.923 bits per heavy atom. The van der Waals surface area contributed by atoms with E-state index in [1.165, 1.54) is 33.4 Å². The molecule has 39 heavy (non-hydrogen) atoms. The predicted octanol–water partition coefficient (Wildman–Crippen LogP) is 6.11. The van der Waals surface area contributed by atoms with E-state index in [1.807, 2.05) is 12.1 Å². The molecule has 6 rings (SSSR count). The van der Waals surface area contributed by atoms with E-state index < -0.39 is 0 Å². The van der Waals surface area contributed by atoms with Crippen LogP contribution in [-0.2, 0) is 6.42 Å². The first-order valence-electron chi connectivity index (χ1n) is 13.8. The van der Waals surface area contributed by atoms with E-state index >= 15 is 0 Å². The molecule has 3 heterocycles. The summed E-state index contributed by atoms with van der Waals surface area (Å²) in [5.74, 6) is 0.629. The van der Waals surface area contributed by atoms with Crippen LogP contribution in [-0.4, -0.2) is 60.9 Å². The molecule has 0 saturated carbocycles. The van der Waals surface area contributed by atoms with Gasteiger partial charge in [0, 0.05) is 49.9 Å². The summed E-state index contributed by atoms with van der Waals surface area (Å²) in [6.07, 6.45) is 4.38. The summed E-state index contributed by atoms with van der Waals surface area (Å²) in [6, 6.07) is 23.9. The monoisotopic (exact) mass is 539 g/mol. The second kappa shape index (κ2) is 11.7. The second-order valence-electron chi connectivity index (χ2n) is 10.4. The van der Waals surface area contributed by atoms with Crippen LogP contribution in [0.25, 0.3) is 28.1 Å². The lowest BCUT2D eigenvalue weighted by Crippen LogP contribution is -2.47. The average Bonchev–Trinajstić information content (AvgIpc) is 3.48. The van der Waals surface area contributed by atoms with Crippen molar-refractivity contribution in [1.29, 1.82) is 0 Å². The van der Waals surface area contributed by atoms with Gasteiger partial charge < -0.3 is 14.7 Å². The molecule has 1 aromatic heterocycles. The number of anilines is 1. The van der Waals surface area contributed by atoms with E-state index in [9.17, 15) is 0 Å². The normalized spacial score (nSPS) is 16.4. The third kappa shape index (κ3) is 6.09. The first-order valence-corrected chi connectivity index (χ1v) is 14.2. The lowest BCUT2D eigenvalue weighted by atomic mass is 9.92. The van der Waals surface area contributed by atoms with Gasteiger partial charge >= 0.3 is 6.01 Å². The Labute approximate surface area is 235 Å². The van der Waals surface area contributed by atoms with Crippen molar-refractivity contribution in [3.8, 4) is 22.5 Å². The lowest BCUT2D eigenvalue weighted by Gasteiger charge is -2.33. The number of hydrogen-bond donors (Lipinski definition) is 1. The largest absolute Gasteiger partial charge is 0.324 e.